The molecule has 3 aromatic rings. The summed E-state index contributed by atoms with van der Waals surface area (Å²) in [5, 5.41) is 0. The molecule has 2 aromatic carbocycles. The largest absolute Gasteiger partial charge is 0.457 e. The summed E-state index contributed by atoms with van der Waals surface area (Å²) in [5.41, 5.74) is 1.86. The van der Waals surface area contributed by atoms with Gasteiger partial charge in [-0.05, 0) is 18.2 Å². The third kappa shape index (κ3) is 2.87. The third-order valence-electron chi connectivity index (χ3n) is 5.35. The lowest BCUT2D eigenvalue weighted by Crippen LogP contribution is -2.50. The molecule has 140 valence electrons. The fourth-order valence-electron chi connectivity index (χ4n) is 3.94. The molecule has 1 aromatic heterocycles. The topological polar surface area (TPSA) is 58.6 Å². The van der Waals surface area contributed by atoms with Crippen molar-refractivity contribution in [3.63, 3.8) is 0 Å². The Bertz CT molecular complexity index is 955. The Morgan fingerprint density at radius 3 is 2.00 bits per heavy atom. The predicted octanol–water partition coefficient (Wildman–Crippen LogP) is 3.06. The molecule has 0 radical (unpaired) electrons. The maximum absolute atomic E-state index is 13.5. The Balaban J connectivity index is 1.40. The van der Waals surface area contributed by atoms with Crippen LogP contribution in [0, 0.1) is 0 Å². The van der Waals surface area contributed by atoms with Gasteiger partial charge in [0.2, 0.25) is 11.9 Å². The lowest BCUT2D eigenvalue weighted by atomic mass is 9.86. The fraction of sp³-hybridized carbons (Fsp3) is 0.227. The van der Waals surface area contributed by atoms with Gasteiger partial charge in [0.25, 0.3) is 0 Å². The molecule has 2 aliphatic rings. The van der Waals surface area contributed by atoms with Crippen molar-refractivity contribution in [3.8, 4) is 11.5 Å². The zero-order valence-electron chi connectivity index (χ0n) is 15.4. The van der Waals surface area contributed by atoms with E-state index in [2.05, 4.69) is 14.9 Å². The summed E-state index contributed by atoms with van der Waals surface area (Å²) < 4.78 is 6.02. The van der Waals surface area contributed by atoms with E-state index in [1.54, 1.807) is 12.4 Å². The van der Waals surface area contributed by atoms with Crippen LogP contribution < -0.4 is 9.64 Å². The van der Waals surface area contributed by atoms with Crippen molar-refractivity contribution in [2.45, 2.75) is 5.92 Å². The smallest absolute Gasteiger partial charge is 0.234 e. The van der Waals surface area contributed by atoms with Crippen LogP contribution in [0.2, 0.25) is 0 Å². The number of hydrogen-bond acceptors (Lipinski definition) is 5. The maximum Gasteiger partial charge on any atom is 0.234 e. The second-order valence-electron chi connectivity index (χ2n) is 6.97. The normalized spacial score (nSPS) is 16.1. The molecule has 0 aliphatic carbocycles. The van der Waals surface area contributed by atoms with Gasteiger partial charge >= 0.3 is 0 Å². The quantitative estimate of drug-likeness (QED) is 0.692. The maximum atomic E-state index is 13.5. The Hall–Kier alpha value is -3.41. The highest BCUT2D eigenvalue weighted by molar-refractivity contribution is 5.90. The molecule has 5 rings (SSSR count). The van der Waals surface area contributed by atoms with E-state index in [0.717, 1.165) is 41.7 Å². The van der Waals surface area contributed by atoms with Crippen LogP contribution in [0.4, 0.5) is 5.95 Å². The van der Waals surface area contributed by atoms with Crippen LogP contribution in [-0.4, -0.2) is 47.0 Å². The van der Waals surface area contributed by atoms with Crippen molar-refractivity contribution >= 4 is 11.9 Å². The summed E-state index contributed by atoms with van der Waals surface area (Å²) in [6.45, 7) is 2.75. The number of amides is 1. The molecule has 0 saturated carbocycles. The van der Waals surface area contributed by atoms with E-state index in [1.807, 2.05) is 59.5 Å². The summed E-state index contributed by atoms with van der Waals surface area (Å²) in [6.07, 6.45) is 3.49. The molecular formula is C22H20N4O2. The molecule has 3 heterocycles. The van der Waals surface area contributed by atoms with Gasteiger partial charge in [0, 0.05) is 49.7 Å². The number of carbonyl (C=O) groups excluding carboxylic acids is 1. The molecule has 0 atom stereocenters. The number of hydrogen-bond donors (Lipinski definition) is 0. The Kier molecular flexibility index (Phi) is 4.16. The highest BCUT2D eigenvalue weighted by Crippen LogP contribution is 2.44. The highest BCUT2D eigenvalue weighted by atomic mass is 16.5. The minimum absolute atomic E-state index is 0.122. The first kappa shape index (κ1) is 16.7. The number of ether oxygens (including phenoxy) is 1. The van der Waals surface area contributed by atoms with Crippen LogP contribution in [0.25, 0.3) is 0 Å². The van der Waals surface area contributed by atoms with E-state index in [9.17, 15) is 4.79 Å². The van der Waals surface area contributed by atoms with Gasteiger partial charge in [-0.25, -0.2) is 9.97 Å². The second-order valence-corrected chi connectivity index (χ2v) is 6.97. The Labute approximate surface area is 163 Å². The minimum Gasteiger partial charge on any atom is -0.457 e. The van der Waals surface area contributed by atoms with E-state index < -0.39 is 0 Å². The molecule has 1 saturated heterocycles. The SMILES string of the molecule is O=C(C1c2ccccc2Oc2ccccc21)N1CCN(c2ncccn2)CC1. The zero-order chi connectivity index (χ0) is 18.9. The van der Waals surface area contributed by atoms with E-state index >= 15 is 0 Å². The van der Waals surface area contributed by atoms with Crippen molar-refractivity contribution < 1.29 is 9.53 Å². The summed E-state index contributed by atoms with van der Waals surface area (Å²) in [5.74, 6) is 2.03. The minimum atomic E-state index is -0.333. The van der Waals surface area contributed by atoms with Gasteiger partial charge in [-0.3, -0.25) is 4.79 Å². The van der Waals surface area contributed by atoms with Crippen LogP contribution >= 0.6 is 0 Å². The molecule has 0 N–H and O–H groups in total. The van der Waals surface area contributed by atoms with E-state index in [4.69, 9.17) is 4.74 Å². The number of anilines is 1. The van der Waals surface area contributed by atoms with E-state index in [-0.39, 0.29) is 11.8 Å². The summed E-state index contributed by atoms with van der Waals surface area (Å²) >= 11 is 0. The molecule has 0 spiro atoms. The van der Waals surface area contributed by atoms with Crippen molar-refractivity contribution in [1.29, 1.82) is 0 Å². The number of nitrogens with zero attached hydrogens (tertiary/aromatic N) is 4. The average Bonchev–Trinajstić information content (AvgIpc) is 2.77. The third-order valence-corrected chi connectivity index (χ3v) is 5.35. The van der Waals surface area contributed by atoms with Crippen LogP contribution in [-0.2, 0) is 4.79 Å². The van der Waals surface area contributed by atoms with E-state index in [0.29, 0.717) is 13.1 Å². The van der Waals surface area contributed by atoms with Gasteiger partial charge in [-0.15, -0.1) is 0 Å². The molecule has 2 aliphatic heterocycles. The van der Waals surface area contributed by atoms with Gasteiger partial charge in [0.1, 0.15) is 11.5 Å². The van der Waals surface area contributed by atoms with Gasteiger partial charge < -0.3 is 14.5 Å². The number of piperazine rings is 1. The molecule has 6 heteroatoms. The van der Waals surface area contributed by atoms with E-state index in [1.165, 1.54) is 0 Å². The number of rotatable bonds is 2. The Morgan fingerprint density at radius 1 is 0.821 bits per heavy atom. The molecule has 28 heavy (non-hydrogen) atoms. The first-order valence-corrected chi connectivity index (χ1v) is 9.48. The summed E-state index contributed by atoms with van der Waals surface area (Å²) in [6, 6.07) is 17.4. The summed E-state index contributed by atoms with van der Waals surface area (Å²) in [7, 11) is 0. The number of fused-ring (bicyclic) bond motifs is 2. The van der Waals surface area contributed by atoms with Crippen LogP contribution in [0.1, 0.15) is 17.0 Å². The second kappa shape index (κ2) is 6.96. The average molecular weight is 372 g/mol. The van der Waals surface area contributed by atoms with Gasteiger partial charge in [-0.1, -0.05) is 36.4 Å². The lowest BCUT2D eigenvalue weighted by molar-refractivity contribution is -0.132. The summed E-state index contributed by atoms with van der Waals surface area (Å²) in [4.78, 5) is 26.2. The van der Waals surface area contributed by atoms with Gasteiger partial charge in [0.15, 0.2) is 0 Å². The molecule has 0 bridgehead atoms. The Morgan fingerprint density at radius 2 is 1.39 bits per heavy atom. The number of para-hydroxylation sites is 2. The number of benzene rings is 2. The molecule has 1 amide bonds. The molecule has 1 fully saturated rings. The number of aromatic nitrogens is 2. The first-order chi connectivity index (χ1) is 13.8. The number of carbonyl (C=O) groups is 1. The van der Waals surface area contributed by atoms with Crippen molar-refractivity contribution in [1.82, 2.24) is 14.9 Å². The highest BCUT2D eigenvalue weighted by Gasteiger charge is 2.36. The van der Waals surface area contributed by atoms with Gasteiger partial charge in [-0.2, -0.15) is 0 Å². The fourth-order valence-corrected chi connectivity index (χ4v) is 3.94. The van der Waals surface area contributed by atoms with Crippen molar-refractivity contribution in [2.24, 2.45) is 0 Å². The van der Waals surface area contributed by atoms with Crippen molar-refractivity contribution in [2.75, 3.05) is 31.1 Å². The van der Waals surface area contributed by atoms with Gasteiger partial charge in [0.05, 0.1) is 5.92 Å². The first-order valence-electron chi connectivity index (χ1n) is 9.48. The van der Waals surface area contributed by atoms with Crippen LogP contribution in [0.5, 0.6) is 11.5 Å². The van der Waals surface area contributed by atoms with Crippen LogP contribution in [0.3, 0.4) is 0 Å². The molecular weight excluding hydrogens is 352 g/mol. The van der Waals surface area contributed by atoms with Crippen LogP contribution in [0.15, 0.2) is 67.0 Å². The van der Waals surface area contributed by atoms with Crippen molar-refractivity contribution in [3.05, 3.63) is 78.1 Å². The zero-order valence-corrected chi connectivity index (χ0v) is 15.4. The standard InChI is InChI=1S/C22H20N4O2/c27-21(25-12-14-26(15-13-25)22-23-10-5-11-24-22)20-16-6-1-3-8-18(16)28-19-9-4-2-7-17(19)20/h1-11,20H,12-15H2. The lowest BCUT2D eigenvalue weighted by Gasteiger charge is -2.37. The molecule has 0 unspecified atom stereocenters. The predicted molar refractivity (Wildman–Crippen MR) is 106 cm³/mol. The monoisotopic (exact) mass is 372 g/mol. The molecule has 6 nitrogen and oxygen atoms in total.